The minimum Gasteiger partial charge on any atom is -0.355 e. The van der Waals surface area contributed by atoms with E-state index in [9.17, 15) is 0 Å². The monoisotopic (exact) mass is 368 g/mol. The first-order chi connectivity index (χ1) is 13.5. The summed E-state index contributed by atoms with van der Waals surface area (Å²) in [5, 5.41) is 0. The van der Waals surface area contributed by atoms with Crippen LogP contribution in [0.25, 0.3) is 34.2 Å². The van der Waals surface area contributed by atoms with Crippen molar-refractivity contribution in [1.29, 1.82) is 0 Å². The molecule has 0 amide bonds. The number of nitrogens with one attached hydrogen (secondary N) is 2. The summed E-state index contributed by atoms with van der Waals surface area (Å²) in [5.41, 5.74) is 13.6. The molecule has 0 atom stereocenters. The highest BCUT2D eigenvalue weighted by Crippen LogP contribution is 2.25. The maximum Gasteiger partial charge on any atom is 0.0687 e. The zero-order valence-electron chi connectivity index (χ0n) is 16.8. The maximum absolute atomic E-state index is 4.99. The third kappa shape index (κ3) is 2.60. The third-order valence-electron chi connectivity index (χ3n) is 6.13. The molecular formula is C24H24N4. The molecule has 0 saturated carbocycles. The average molecular weight is 368 g/mol. The van der Waals surface area contributed by atoms with Gasteiger partial charge in [0.25, 0.3) is 0 Å². The van der Waals surface area contributed by atoms with E-state index in [0.29, 0.717) is 0 Å². The maximum atomic E-state index is 4.99. The van der Waals surface area contributed by atoms with Crippen LogP contribution in [0.5, 0.6) is 0 Å². The normalized spacial score (nSPS) is 13.3. The van der Waals surface area contributed by atoms with Crippen molar-refractivity contribution in [2.75, 3.05) is 0 Å². The fourth-order valence-electron chi connectivity index (χ4n) is 4.09. The number of aromatic nitrogens is 4. The number of H-pyrrole nitrogens is 2. The molecule has 3 aromatic heterocycles. The van der Waals surface area contributed by atoms with Gasteiger partial charge in [-0.25, -0.2) is 4.98 Å². The second kappa shape index (κ2) is 6.20. The molecule has 4 heteroatoms. The van der Waals surface area contributed by atoms with E-state index in [-0.39, 0.29) is 0 Å². The van der Waals surface area contributed by atoms with E-state index in [1.54, 1.807) is 0 Å². The molecule has 0 unspecified atom stereocenters. The largest absolute Gasteiger partial charge is 0.355 e. The van der Waals surface area contributed by atoms with Crippen LogP contribution >= 0.6 is 0 Å². The third-order valence-corrected chi connectivity index (χ3v) is 6.13. The quantitative estimate of drug-likeness (QED) is 0.430. The highest BCUT2D eigenvalue weighted by molar-refractivity contribution is 5.80. The minimum absolute atomic E-state index is 0.988. The summed E-state index contributed by atoms with van der Waals surface area (Å²) >= 11 is 0. The van der Waals surface area contributed by atoms with Gasteiger partial charge in [0.2, 0.25) is 0 Å². The van der Waals surface area contributed by atoms with Crippen molar-refractivity contribution in [3.63, 3.8) is 0 Å². The van der Waals surface area contributed by atoms with E-state index >= 15 is 0 Å². The van der Waals surface area contributed by atoms with Gasteiger partial charge in [0.15, 0.2) is 0 Å². The number of hydrogen-bond donors (Lipinski definition) is 2. The first-order valence-electron chi connectivity index (χ1n) is 9.83. The van der Waals surface area contributed by atoms with E-state index < -0.39 is 0 Å². The van der Waals surface area contributed by atoms with E-state index in [1.807, 2.05) is 0 Å². The molecule has 0 fully saturated rings. The summed E-state index contributed by atoms with van der Waals surface area (Å²) in [6.45, 7) is 8.57. The molecule has 28 heavy (non-hydrogen) atoms. The van der Waals surface area contributed by atoms with Crippen LogP contribution in [0.1, 0.15) is 45.0 Å². The van der Waals surface area contributed by atoms with Gasteiger partial charge in [0.05, 0.1) is 11.4 Å². The fraction of sp³-hybridized carbons (Fsp3) is 0.250. The average Bonchev–Trinajstić information content (AvgIpc) is 3.49. The lowest BCUT2D eigenvalue weighted by Gasteiger charge is -1.97. The van der Waals surface area contributed by atoms with Gasteiger partial charge in [-0.3, -0.25) is 4.98 Å². The first kappa shape index (κ1) is 17.0. The van der Waals surface area contributed by atoms with Crippen molar-refractivity contribution in [3.8, 4) is 0 Å². The summed E-state index contributed by atoms with van der Waals surface area (Å²) in [7, 11) is 0. The van der Waals surface area contributed by atoms with Crippen molar-refractivity contribution in [2.45, 2.75) is 40.5 Å². The summed E-state index contributed by atoms with van der Waals surface area (Å²) in [4.78, 5) is 17.0. The predicted molar refractivity (Wildman–Crippen MR) is 116 cm³/mol. The Morgan fingerprint density at radius 1 is 0.571 bits per heavy atom. The van der Waals surface area contributed by atoms with Crippen molar-refractivity contribution in [2.24, 2.45) is 0 Å². The highest BCUT2D eigenvalue weighted by Gasteiger charge is 2.13. The van der Waals surface area contributed by atoms with Crippen LogP contribution in [0.15, 0.2) is 24.3 Å². The topological polar surface area (TPSA) is 57.4 Å². The SMILES string of the molecule is Cc1c2nc(c(C)c3ccc([nH]3)c(C)c3nc(c(C)c4ccc1[nH]4)CC3)C=C2. The van der Waals surface area contributed by atoms with Crippen LogP contribution in [0.4, 0.5) is 0 Å². The Labute approximate surface area is 164 Å². The van der Waals surface area contributed by atoms with Crippen molar-refractivity contribution >= 4 is 34.2 Å². The Kier molecular flexibility index (Phi) is 3.76. The molecule has 4 nitrogen and oxygen atoms in total. The van der Waals surface area contributed by atoms with E-state index in [2.05, 4.69) is 74.1 Å². The smallest absolute Gasteiger partial charge is 0.0687 e. The lowest BCUT2D eigenvalue weighted by Crippen LogP contribution is -1.86. The van der Waals surface area contributed by atoms with Gasteiger partial charge in [-0.2, -0.15) is 0 Å². The molecular weight excluding hydrogens is 344 g/mol. The van der Waals surface area contributed by atoms with Gasteiger partial charge in [0, 0.05) is 33.5 Å². The minimum atomic E-state index is 0.988. The van der Waals surface area contributed by atoms with Crippen LogP contribution in [0, 0.1) is 27.7 Å². The van der Waals surface area contributed by atoms with Crippen LogP contribution in [0.3, 0.4) is 0 Å². The van der Waals surface area contributed by atoms with Gasteiger partial charge in [-0.05, 0) is 99.2 Å². The Morgan fingerprint density at radius 3 is 1.39 bits per heavy atom. The molecule has 0 spiro atoms. The zero-order valence-corrected chi connectivity index (χ0v) is 16.8. The standard InChI is InChI=1S/C24H24N4/c1-13-17-5-7-19(25-17)14(2)21-9-11-23(27-21)16(4)24-12-10-22(28-24)15(3)20-8-6-18(13)26-20/h5-9,11,26-27H,10,12H2,1-4H3. The Morgan fingerprint density at radius 2 is 0.964 bits per heavy atom. The van der Waals surface area contributed by atoms with Gasteiger partial charge in [0.1, 0.15) is 0 Å². The van der Waals surface area contributed by atoms with Crippen LogP contribution in [0.2, 0.25) is 0 Å². The summed E-state index contributed by atoms with van der Waals surface area (Å²) in [5.74, 6) is 0. The summed E-state index contributed by atoms with van der Waals surface area (Å²) < 4.78 is 0. The molecule has 8 bridgehead atoms. The van der Waals surface area contributed by atoms with Gasteiger partial charge in [-0.1, -0.05) is 0 Å². The second-order valence-corrected chi connectivity index (χ2v) is 7.79. The molecule has 2 N–H and O–H groups in total. The second-order valence-electron chi connectivity index (χ2n) is 7.79. The number of aryl methyl sites for hydroxylation is 6. The Bertz CT molecular complexity index is 1200. The molecule has 5 heterocycles. The van der Waals surface area contributed by atoms with Crippen LogP contribution < -0.4 is 0 Å². The lowest BCUT2D eigenvalue weighted by molar-refractivity contribution is 1.01. The number of fused-ring (bicyclic) bond motifs is 8. The highest BCUT2D eigenvalue weighted by atomic mass is 14.8. The molecule has 0 aliphatic carbocycles. The fourth-order valence-corrected chi connectivity index (χ4v) is 4.09. The Balaban J connectivity index is 1.95. The van der Waals surface area contributed by atoms with E-state index in [1.165, 1.54) is 22.5 Å². The van der Waals surface area contributed by atoms with E-state index in [4.69, 9.17) is 9.97 Å². The molecule has 5 rings (SSSR count). The number of nitrogens with zero attached hydrogens (tertiary/aromatic N) is 2. The molecule has 0 saturated heterocycles. The summed E-state index contributed by atoms with van der Waals surface area (Å²) in [6.07, 6.45) is 6.18. The van der Waals surface area contributed by atoms with Gasteiger partial charge < -0.3 is 9.97 Å². The molecule has 3 aromatic rings. The molecule has 2 aliphatic heterocycles. The van der Waals surface area contributed by atoms with Crippen molar-refractivity contribution < 1.29 is 0 Å². The van der Waals surface area contributed by atoms with Crippen molar-refractivity contribution in [3.05, 3.63) is 69.3 Å². The molecule has 0 radical (unpaired) electrons. The first-order valence-corrected chi connectivity index (χ1v) is 9.83. The summed E-state index contributed by atoms with van der Waals surface area (Å²) in [6, 6.07) is 8.60. The van der Waals surface area contributed by atoms with E-state index in [0.717, 1.165) is 57.4 Å². The van der Waals surface area contributed by atoms with Gasteiger partial charge >= 0.3 is 0 Å². The lowest BCUT2D eigenvalue weighted by atomic mass is 10.1. The Hall–Kier alpha value is -3.14. The molecule has 140 valence electrons. The zero-order chi connectivity index (χ0) is 19.4. The number of hydrogen-bond acceptors (Lipinski definition) is 2. The van der Waals surface area contributed by atoms with Crippen LogP contribution in [-0.2, 0) is 12.8 Å². The number of rotatable bonds is 0. The molecule has 0 aromatic carbocycles. The number of aromatic amines is 2. The van der Waals surface area contributed by atoms with Crippen LogP contribution in [-0.4, -0.2) is 19.9 Å². The van der Waals surface area contributed by atoms with Crippen molar-refractivity contribution in [1.82, 2.24) is 19.9 Å². The predicted octanol–water partition coefficient (Wildman–Crippen LogP) is 5.50. The van der Waals surface area contributed by atoms with Gasteiger partial charge in [-0.15, -0.1) is 0 Å². The molecule has 2 aliphatic rings.